The van der Waals surface area contributed by atoms with Crippen molar-refractivity contribution in [2.75, 3.05) is 30.0 Å². The normalized spacial score (nSPS) is 26.1. The molecule has 0 aromatic carbocycles. The molecule has 3 atom stereocenters. The minimum Gasteiger partial charge on any atom is -0.359 e. The summed E-state index contributed by atoms with van der Waals surface area (Å²) in [6.45, 7) is -0.222. The number of piperidine rings is 1. The van der Waals surface area contributed by atoms with Gasteiger partial charge in [-0.3, -0.25) is 0 Å². The number of pyridine rings is 1. The van der Waals surface area contributed by atoms with Crippen LogP contribution in [0.1, 0.15) is 37.8 Å². The number of hydrogen-bond acceptors (Lipinski definition) is 7. The molecule has 0 amide bonds. The molecular formula is C19H23F5N6O2S. The van der Waals surface area contributed by atoms with Crippen LogP contribution in [0.2, 0.25) is 0 Å². The Balaban J connectivity index is 1.61. The van der Waals surface area contributed by atoms with Crippen molar-refractivity contribution in [3.8, 4) is 0 Å². The van der Waals surface area contributed by atoms with Gasteiger partial charge in [0.05, 0.1) is 18.3 Å². The predicted octanol–water partition coefficient (Wildman–Crippen LogP) is 3.35. The lowest BCUT2D eigenvalue weighted by atomic mass is 10.1. The van der Waals surface area contributed by atoms with Gasteiger partial charge in [-0.2, -0.15) is 4.31 Å². The molecule has 1 unspecified atom stereocenters. The van der Waals surface area contributed by atoms with Crippen LogP contribution < -0.4 is 10.6 Å². The molecule has 33 heavy (non-hydrogen) atoms. The Hall–Kier alpha value is -2.35. The second kappa shape index (κ2) is 8.78. The fraction of sp³-hybridized carbons (Fsp3) is 0.632. The quantitative estimate of drug-likeness (QED) is 0.594. The SMILES string of the molecule is CS(=O)(=O)N1CC[C@H](Nc2ncc3cc(C(F)F)nc(NC4CCCC4(F)F)c3n2)[C@H](F)C1. The number of alkyl halides is 5. The van der Waals surface area contributed by atoms with Gasteiger partial charge in [-0.25, -0.2) is 45.3 Å². The summed E-state index contributed by atoms with van der Waals surface area (Å²) >= 11 is 0. The minimum absolute atomic E-state index is 0.0450. The Labute approximate surface area is 187 Å². The van der Waals surface area contributed by atoms with Crippen LogP contribution in [0.25, 0.3) is 10.9 Å². The van der Waals surface area contributed by atoms with Crippen LogP contribution >= 0.6 is 0 Å². The molecule has 4 rings (SSSR count). The van der Waals surface area contributed by atoms with E-state index in [2.05, 4.69) is 25.6 Å². The molecule has 0 bridgehead atoms. The molecule has 1 saturated carbocycles. The van der Waals surface area contributed by atoms with Crippen molar-refractivity contribution in [2.45, 2.75) is 56.3 Å². The highest BCUT2D eigenvalue weighted by molar-refractivity contribution is 7.88. The summed E-state index contributed by atoms with van der Waals surface area (Å²) in [5.41, 5.74) is -0.559. The van der Waals surface area contributed by atoms with E-state index in [0.717, 1.165) is 16.6 Å². The number of sulfonamides is 1. The Bertz CT molecular complexity index is 1140. The molecule has 2 aromatic heterocycles. The van der Waals surface area contributed by atoms with Gasteiger partial charge < -0.3 is 10.6 Å². The third kappa shape index (κ3) is 5.10. The van der Waals surface area contributed by atoms with Crippen LogP contribution in [-0.2, 0) is 10.0 Å². The molecule has 2 N–H and O–H groups in total. The van der Waals surface area contributed by atoms with Crippen molar-refractivity contribution in [1.29, 1.82) is 0 Å². The summed E-state index contributed by atoms with van der Waals surface area (Å²) in [7, 11) is -3.53. The van der Waals surface area contributed by atoms with E-state index in [1.807, 2.05) is 0 Å². The van der Waals surface area contributed by atoms with Gasteiger partial charge in [0.15, 0.2) is 5.82 Å². The molecular weight excluding hydrogens is 471 g/mol. The first-order valence-electron chi connectivity index (χ1n) is 10.4. The fourth-order valence-electron chi connectivity index (χ4n) is 4.12. The fourth-order valence-corrected chi connectivity index (χ4v) is 4.97. The number of halogens is 5. The molecule has 3 heterocycles. The highest BCUT2D eigenvalue weighted by atomic mass is 32.2. The van der Waals surface area contributed by atoms with Gasteiger partial charge in [-0.1, -0.05) is 0 Å². The van der Waals surface area contributed by atoms with Gasteiger partial charge in [-0.15, -0.1) is 0 Å². The van der Waals surface area contributed by atoms with Crippen molar-refractivity contribution in [2.24, 2.45) is 0 Å². The molecule has 1 aliphatic heterocycles. The van der Waals surface area contributed by atoms with Crippen LogP contribution in [0.3, 0.4) is 0 Å². The molecule has 8 nitrogen and oxygen atoms in total. The van der Waals surface area contributed by atoms with Crippen molar-refractivity contribution < 1.29 is 30.4 Å². The van der Waals surface area contributed by atoms with Crippen molar-refractivity contribution in [3.05, 3.63) is 18.0 Å². The van der Waals surface area contributed by atoms with E-state index in [1.165, 1.54) is 6.20 Å². The number of hydrogen-bond donors (Lipinski definition) is 2. The Morgan fingerprint density at radius 1 is 1.21 bits per heavy atom. The van der Waals surface area contributed by atoms with Gasteiger partial charge >= 0.3 is 0 Å². The third-order valence-electron chi connectivity index (χ3n) is 5.92. The molecule has 2 aromatic rings. The number of aromatic nitrogens is 3. The Kier molecular flexibility index (Phi) is 6.33. The van der Waals surface area contributed by atoms with Crippen LogP contribution in [0, 0.1) is 0 Å². The van der Waals surface area contributed by atoms with Crippen molar-refractivity contribution >= 4 is 32.7 Å². The summed E-state index contributed by atoms with van der Waals surface area (Å²) in [6.07, 6.45) is -1.97. The van der Waals surface area contributed by atoms with Gasteiger partial charge in [0, 0.05) is 31.1 Å². The number of nitrogens with zero attached hydrogens (tertiary/aromatic N) is 4. The van der Waals surface area contributed by atoms with Crippen LogP contribution in [0.5, 0.6) is 0 Å². The van der Waals surface area contributed by atoms with Gasteiger partial charge in [0.1, 0.15) is 17.4 Å². The number of nitrogens with one attached hydrogen (secondary N) is 2. The zero-order chi connectivity index (χ0) is 24.0. The molecule has 2 fully saturated rings. The Morgan fingerprint density at radius 3 is 2.58 bits per heavy atom. The van der Waals surface area contributed by atoms with Crippen LogP contribution in [0.4, 0.5) is 33.7 Å². The largest absolute Gasteiger partial charge is 0.359 e. The first kappa shape index (κ1) is 23.8. The molecule has 2 aliphatic rings. The maximum Gasteiger partial charge on any atom is 0.280 e. The molecule has 14 heteroatoms. The number of anilines is 2. The molecule has 1 saturated heterocycles. The number of fused-ring (bicyclic) bond motifs is 1. The topological polar surface area (TPSA) is 100 Å². The monoisotopic (exact) mass is 494 g/mol. The average molecular weight is 494 g/mol. The highest BCUT2D eigenvalue weighted by Crippen LogP contribution is 2.38. The average Bonchev–Trinajstić information content (AvgIpc) is 3.06. The first-order valence-corrected chi connectivity index (χ1v) is 12.2. The zero-order valence-electron chi connectivity index (χ0n) is 17.6. The third-order valence-corrected chi connectivity index (χ3v) is 7.19. The Morgan fingerprint density at radius 2 is 1.97 bits per heavy atom. The lowest BCUT2D eigenvalue weighted by Crippen LogP contribution is -2.49. The van der Waals surface area contributed by atoms with E-state index in [4.69, 9.17) is 0 Å². The highest BCUT2D eigenvalue weighted by Gasteiger charge is 2.44. The van der Waals surface area contributed by atoms with Gasteiger partial charge in [-0.05, 0) is 25.3 Å². The summed E-state index contributed by atoms with van der Waals surface area (Å²) < 4.78 is 93.8. The summed E-state index contributed by atoms with van der Waals surface area (Å²) in [4.78, 5) is 12.1. The summed E-state index contributed by atoms with van der Waals surface area (Å²) in [5, 5.41) is 5.54. The van der Waals surface area contributed by atoms with E-state index in [-0.39, 0.29) is 61.4 Å². The maximum absolute atomic E-state index is 14.6. The van der Waals surface area contributed by atoms with Crippen molar-refractivity contribution in [3.63, 3.8) is 0 Å². The molecule has 0 radical (unpaired) electrons. The standard InChI is InChI=1S/C19H23F5N6O2S/c1-33(31,32)30-6-4-12(11(20)9-30)27-18-25-8-10-7-13(16(21)22)26-17(15(10)29-18)28-14-3-2-5-19(14,23)24/h7-8,11-12,14,16H,2-6,9H2,1H3,(H,26,28)(H,25,27,29)/t11-,12+,14?/m1/s1. The second-order valence-corrected chi connectivity index (χ2v) is 10.3. The maximum atomic E-state index is 14.6. The summed E-state index contributed by atoms with van der Waals surface area (Å²) in [6, 6.07) is -0.989. The first-order chi connectivity index (χ1) is 15.4. The smallest absolute Gasteiger partial charge is 0.280 e. The molecule has 182 valence electrons. The predicted molar refractivity (Wildman–Crippen MR) is 112 cm³/mol. The van der Waals surface area contributed by atoms with E-state index in [0.29, 0.717) is 0 Å². The minimum atomic E-state index is -3.53. The second-order valence-electron chi connectivity index (χ2n) is 8.35. The van der Waals surface area contributed by atoms with E-state index in [9.17, 15) is 30.4 Å². The van der Waals surface area contributed by atoms with Crippen LogP contribution in [-0.4, -0.2) is 71.2 Å². The number of rotatable bonds is 6. The van der Waals surface area contributed by atoms with Gasteiger partial charge in [0.25, 0.3) is 12.3 Å². The van der Waals surface area contributed by atoms with Gasteiger partial charge in [0.2, 0.25) is 16.0 Å². The molecule has 0 spiro atoms. The lowest BCUT2D eigenvalue weighted by Gasteiger charge is -2.33. The van der Waals surface area contributed by atoms with E-state index >= 15 is 0 Å². The van der Waals surface area contributed by atoms with E-state index in [1.54, 1.807) is 0 Å². The molecule has 1 aliphatic carbocycles. The van der Waals surface area contributed by atoms with Crippen LogP contribution in [0.15, 0.2) is 12.3 Å². The summed E-state index contributed by atoms with van der Waals surface area (Å²) in [5.74, 6) is -3.28. The zero-order valence-corrected chi connectivity index (χ0v) is 18.4. The van der Waals surface area contributed by atoms with Crippen molar-refractivity contribution in [1.82, 2.24) is 19.3 Å². The lowest BCUT2D eigenvalue weighted by molar-refractivity contribution is -0.000663. The van der Waals surface area contributed by atoms with E-state index < -0.39 is 46.3 Å².